The normalized spacial score (nSPS) is 16.1. The standard InChI is InChI=1S/C16H10N4OS3/c17-15-18-6-9-3-8(1-2-12(9)19-15)10-4-11(23-7-10)5-13-14(21)20-16(22)24-13/h1-7H,(H2,17,18,19)(H,20,21,22)/b13-5-. The largest absolute Gasteiger partial charge is 0.368 e. The zero-order chi connectivity index (χ0) is 16.7. The molecule has 118 valence electrons. The maximum absolute atomic E-state index is 11.7. The van der Waals surface area contributed by atoms with Crippen molar-refractivity contribution in [3.05, 3.63) is 45.6 Å². The number of thiocarbonyl (C=S) groups is 1. The second-order valence-electron chi connectivity index (χ2n) is 5.09. The fourth-order valence-corrected chi connectivity index (χ4v) is 4.32. The van der Waals surface area contributed by atoms with E-state index in [0.717, 1.165) is 26.9 Å². The molecule has 0 saturated carbocycles. The van der Waals surface area contributed by atoms with E-state index in [2.05, 4.69) is 20.7 Å². The number of nitrogen functional groups attached to an aromatic ring is 1. The van der Waals surface area contributed by atoms with E-state index in [1.54, 1.807) is 17.5 Å². The van der Waals surface area contributed by atoms with Crippen LogP contribution in [0.25, 0.3) is 28.1 Å². The number of carbonyl (C=O) groups excluding carboxylic acids is 1. The number of carbonyl (C=O) groups is 1. The lowest BCUT2D eigenvalue weighted by atomic mass is 10.1. The summed E-state index contributed by atoms with van der Waals surface area (Å²) in [5, 5.41) is 5.61. The number of nitrogens with zero attached hydrogens (tertiary/aromatic N) is 2. The number of amides is 1. The van der Waals surface area contributed by atoms with Crippen LogP contribution in [0.5, 0.6) is 0 Å². The van der Waals surface area contributed by atoms with Gasteiger partial charge in [0.1, 0.15) is 4.32 Å². The average Bonchev–Trinajstić information content (AvgIpc) is 3.14. The zero-order valence-corrected chi connectivity index (χ0v) is 14.6. The van der Waals surface area contributed by atoms with E-state index in [0.29, 0.717) is 9.23 Å². The molecular formula is C16H10N4OS3. The molecule has 8 heteroatoms. The van der Waals surface area contributed by atoms with Gasteiger partial charge in [-0.25, -0.2) is 9.97 Å². The molecule has 5 nitrogen and oxygen atoms in total. The Hall–Kier alpha value is -2.29. The first kappa shape index (κ1) is 15.3. The highest BCUT2D eigenvalue weighted by atomic mass is 32.2. The Morgan fingerprint density at radius 3 is 2.92 bits per heavy atom. The van der Waals surface area contributed by atoms with Crippen LogP contribution in [0.15, 0.2) is 40.7 Å². The summed E-state index contributed by atoms with van der Waals surface area (Å²) in [7, 11) is 0. The van der Waals surface area contributed by atoms with Gasteiger partial charge in [0, 0.05) is 16.5 Å². The number of nitrogens with two attached hydrogens (primary N) is 1. The SMILES string of the molecule is Nc1ncc2cc(-c3csc(/C=C4\SC(=S)NC4=O)c3)ccc2n1. The molecule has 4 rings (SSSR count). The summed E-state index contributed by atoms with van der Waals surface area (Å²) in [5.74, 6) is 0.130. The number of rotatable bonds is 2. The van der Waals surface area contributed by atoms with Gasteiger partial charge in [-0.15, -0.1) is 11.3 Å². The molecule has 1 aromatic carbocycles. The number of benzene rings is 1. The monoisotopic (exact) mass is 370 g/mol. The van der Waals surface area contributed by atoms with Crippen LogP contribution in [0.4, 0.5) is 5.95 Å². The van der Waals surface area contributed by atoms with E-state index in [-0.39, 0.29) is 11.9 Å². The van der Waals surface area contributed by atoms with Crippen molar-refractivity contribution in [2.24, 2.45) is 0 Å². The number of aromatic nitrogens is 2. The summed E-state index contributed by atoms with van der Waals surface area (Å²) in [5.41, 5.74) is 8.57. The second-order valence-corrected chi connectivity index (χ2v) is 7.75. The van der Waals surface area contributed by atoms with Gasteiger partial charge in [0.05, 0.1) is 10.4 Å². The highest BCUT2D eigenvalue weighted by Gasteiger charge is 2.22. The van der Waals surface area contributed by atoms with Gasteiger partial charge in [0.25, 0.3) is 5.91 Å². The number of nitrogens with one attached hydrogen (secondary N) is 1. The molecule has 1 fully saturated rings. The number of thioether (sulfide) groups is 1. The molecule has 0 bridgehead atoms. The molecule has 2 aromatic heterocycles. The minimum absolute atomic E-state index is 0.139. The van der Waals surface area contributed by atoms with Gasteiger partial charge in [-0.3, -0.25) is 4.79 Å². The number of anilines is 1. The van der Waals surface area contributed by atoms with Crippen LogP contribution in [-0.4, -0.2) is 20.2 Å². The number of hydrogen-bond donors (Lipinski definition) is 2. The minimum atomic E-state index is -0.139. The summed E-state index contributed by atoms with van der Waals surface area (Å²) in [6.45, 7) is 0. The number of fused-ring (bicyclic) bond motifs is 1. The second kappa shape index (κ2) is 5.97. The van der Waals surface area contributed by atoms with E-state index >= 15 is 0 Å². The Kier molecular flexibility index (Phi) is 3.79. The molecule has 3 heterocycles. The Labute approximate surface area is 151 Å². The lowest BCUT2D eigenvalue weighted by Gasteiger charge is -2.01. The van der Waals surface area contributed by atoms with Crippen LogP contribution >= 0.6 is 35.3 Å². The smallest absolute Gasteiger partial charge is 0.263 e. The maximum atomic E-state index is 11.7. The van der Waals surface area contributed by atoms with Crippen LogP contribution in [0, 0.1) is 0 Å². The van der Waals surface area contributed by atoms with E-state index in [1.165, 1.54) is 11.8 Å². The molecule has 1 aliphatic rings. The fourth-order valence-electron chi connectivity index (χ4n) is 2.36. The first-order chi connectivity index (χ1) is 11.6. The van der Waals surface area contributed by atoms with Gasteiger partial charge < -0.3 is 11.1 Å². The highest BCUT2D eigenvalue weighted by molar-refractivity contribution is 8.26. The molecule has 3 N–H and O–H groups in total. The third kappa shape index (κ3) is 2.91. The quantitative estimate of drug-likeness (QED) is 0.531. The number of hydrogen-bond acceptors (Lipinski definition) is 7. The molecule has 24 heavy (non-hydrogen) atoms. The van der Waals surface area contributed by atoms with Crippen LogP contribution in [0.3, 0.4) is 0 Å². The third-order valence-corrected chi connectivity index (χ3v) is 5.51. The van der Waals surface area contributed by atoms with Gasteiger partial charge >= 0.3 is 0 Å². The first-order valence-electron chi connectivity index (χ1n) is 6.94. The van der Waals surface area contributed by atoms with E-state index < -0.39 is 0 Å². The lowest BCUT2D eigenvalue weighted by molar-refractivity contribution is -0.115. The highest BCUT2D eigenvalue weighted by Crippen LogP contribution is 2.32. The van der Waals surface area contributed by atoms with Crippen molar-refractivity contribution in [3.8, 4) is 11.1 Å². The van der Waals surface area contributed by atoms with Gasteiger partial charge in [0.2, 0.25) is 5.95 Å². The zero-order valence-electron chi connectivity index (χ0n) is 12.1. The fraction of sp³-hybridized carbons (Fsp3) is 0. The predicted octanol–water partition coefficient (Wildman–Crippen LogP) is 3.43. The van der Waals surface area contributed by atoms with Crippen molar-refractivity contribution in [2.45, 2.75) is 0 Å². The summed E-state index contributed by atoms with van der Waals surface area (Å²) in [6.07, 6.45) is 3.58. The predicted molar refractivity (Wildman–Crippen MR) is 104 cm³/mol. The summed E-state index contributed by atoms with van der Waals surface area (Å²) < 4.78 is 0.497. The number of thiophene rings is 1. The topological polar surface area (TPSA) is 80.9 Å². The molecule has 1 aliphatic heterocycles. The van der Waals surface area contributed by atoms with E-state index in [9.17, 15) is 4.79 Å². The molecule has 0 aliphatic carbocycles. The summed E-state index contributed by atoms with van der Waals surface area (Å²) in [4.78, 5) is 21.6. The van der Waals surface area contributed by atoms with Crippen molar-refractivity contribution >= 4 is 68.5 Å². The van der Waals surface area contributed by atoms with Crippen molar-refractivity contribution < 1.29 is 4.79 Å². The summed E-state index contributed by atoms with van der Waals surface area (Å²) in [6, 6.07) is 8.00. The maximum Gasteiger partial charge on any atom is 0.263 e. The minimum Gasteiger partial charge on any atom is -0.368 e. The Morgan fingerprint density at radius 2 is 2.12 bits per heavy atom. The molecule has 1 amide bonds. The Bertz CT molecular complexity index is 1030. The lowest BCUT2D eigenvalue weighted by Crippen LogP contribution is -2.17. The van der Waals surface area contributed by atoms with Gasteiger partial charge in [-0.1, -0.05) is 30.0 Å². The average molecular weight is 370 g/mol. The molecule has 0 spiro atoms. The van der Waals surface area contributed by atoms with Crippen LogP contribution < -0.4 is 11.1 Å². The van der Waals surface area contributed by atoms with Crippen molar-refractivity contribution in [3.63, 3.8) is 0 Å². The van der Waals surface area contributed by atoms with Crippen LogP contribution in [-0.2, 0) is 4.79 Å². The van der Waals surface area contributed by atoms with Crippen molar-refractivity contribution in [1.82, 2.24) is 15.3 Å². The van der Waals surface area contributed by atoms with Crippen molar-refractivity contribution in [2.75, 3.05) is 5.73 Å². The Balaban J connectivity index is 1.67. The van der Waals surface area contributed by atoms with E-state index in [4.69, 9.17) is 18.0 Å². The van der Waals surface area contributed by atoms with Crippen molar-refractivity contribution in [1.29, 1.82) is 0 Å². The van der Waals surface area contributed by atoms with Crippen LogP contribution in [0.2, 0.25) is 0 Å². The molecule has 0 unspecified atom stereocenters. The molecule has 0 radical (unpaired) electrons. The molecular weight excluding hydrogens is 360 g/mol. The third-order valence-electron chi connectivity index (χ3n) is 3.47. The van der Waals surface area contributed by atoms with Gasteiger partial charge in [-0.2, -0.15) is 0 Å². The molecule has 3 aromatic rings. The molecule has 0 atom stereocenters. The first-order valence-corrected chi connectivity index (χ1v) is 9.05. The van der Waals surface area contributed by atoms with Gasteiger partial charge in [-0.05, 0) is 40.8 Å². The van der Waals surface area contributed by atoms with Crippen LogP contribution in [0.1, 0.15) is 4.88 Å². The Morgan fingerprint density at radius 1 is 1.25 bits per heavy atom. The molecule has 1 saturated heterocycles. The summed E-state index contributed by atoms with van der Waals surface area (Å²) >= 11 is 7.86. The van der Waals surface area contributed by atoms with E-state index in [1.807, 2.05) is 30.3 Å². The van der Waals surface area contributed by atoms with Gasteiger partial charge in [0.15, 0.2) is 0 Å².